The standard InChI is InChI=1S/C15H32N4.HI/c1-4-5-8-17-15(16)18-12-14(11-13(2)3)19-9-6-7-10-19;/h13-14H,4-12H2,1-3H3,(H3,16,17,18);1H. The molecule has 20 heavy (non-hydrogen) atoms. The van der Waals surface area contributed by atoms with Gasteiger partial charge in [0.1, 0.15) is 0 Å². The number of unbranched alkanes of at least 4 members (excludes halogenated alkanes) is 1. The van der Waals surface area contributed by atoms with Gasteiger partial charge >= 0.3 is 0 Å². The van der Waals surface area contributed by atoms with Crippen LogP contribution in [0.3, 0.4) is 0 Å². The summed E-state index contributed by atoms with van der Waals surface area (Å²) >= 11 is 0. The molecule has 1 atom stereocenters. The van der Waals surface area contributed by atoms with Gasteiger partial charge in [0.05, 0.1) is 6.54 Å². The third-order valence-electron chi connectivity index (χ3n) is 3.71. The molecule has 0 bridgehead atoms. The van der Waals surface area contributed by atoms with Gasteiger partial charge in [-0.25, -0.2) is 0 Å². The van der Waals surface area contributed by atoms with Gasteiger partial charge in [0.15, 0.2) is 5.96 Å². The lowest BCUT2D eigenvalue weighted by Gasteiger charge is -2.27. The maximum Gasteiger partial charge on any atom is 0.188 e. The fourth-order valence-corrected chi connectivity index (χ4v) is 2.64. The number of rotatable bonds is 8. The lowest BCUT2D eigenvalue weighted by atomic mass is 10.0. The van der Waals surface area contributed by atoms with E-state index in [1.807, 2.05) is 0 Å². The van der Waals surface area contributed by atoms with Crippen LogP contribution in [0.1, 0.15) is 52.9 Å². The highest BCUT2D eigenvalue weighted by atomic mass is 127. The van der Waals surface area contributed by atoms with Crippen molar-refractivity contribution < 1.29 is 0 Å². The molecule has 1 unspecified atom stereocenters. The molecule has 1 fully saturated rings. The van der Waals surface area contributed by atoms with Gasteiger partial charge in [-0.05, 0) is 44.7 Å². The highest BCUT2D eigenvalue weighted by Crippen LogP contribution is 2.17. The molecule has 0 aromatic heterocycles. The van der Waals surface area contributed by atoms with Gasteiger partial charge in [-0.15, -0.1) is 24.0 Å². The molecule has 1 rings (SSSR count). The van der Waals surface area contributed by atoms with Crippen molar-refractivity contribution in [2.24, 2.45) is 16.6 Å². The van der Waals surface area contributed by atoms with E-state index in [-0.39, 0.29) is 24.0 Å². The average molecular weight is 396 g/mol. The van der Waals surface area contributed by atoms with Gasteiger partial charge in [0, 0.05) is 12.6 Å². The number of nitrogens with one attached hydrogen (secondary N) is 1. The van der Waals surface area contributed by atoms with E-state index < -0.39 is 0 Å². The summed E-state index contributed by atoms with van der Waals surface area (Å²) in [5.74, 6) is 1.33. The van der Waals surface area contributed by atoms with Crippen molar-refractivity contribution in [3.05, 3.63) is 0 Å². The van der Waals surface area contributed by atoms with E-state index in [0.29, 0.717) is 12.0 Å². The monoisotopic (exact) mass is 396 g/mol. The first-order valence-corrected chi connectivity index (χ1v) is 7.91. The molecule has 0 amide bonds. The smallest absolute Gasteiger partial charge is 0.188 e. The molecule has 1 heterocycles. The maximum absolute atomic E-state index is 5.91. The van der Waals surface area contributed by atoms with Crippen molar-refractivity contribution in [3.63, 3.8) is 0 Å². The minimum Gasteiger partial charge on any atom is -0.370 e. The van der Waals surface area contributed by atoms with Crippen LogP contribution in [0.25, 0.3) is 0 Å². The Morgan fingerprint density at radius 1 is 1.30 bits per heavy atom. The Morgan fingerprint density at radius 3 is 2.50 bits per heavy atom. The Labute approximate surface area is 142 Å². The van der Waals surface area contributed by atoms with Gasteiger partial charge in [0.25, 0.3) is 0 Å². The molecule has 1 saturated heterocycles. The van der Waals surface area contributed by atoms with Gasteiger partial charge in [-0.2, -0.15) is 0 Å². The number of hydrogen-bond donors (Lipinski definition) is 2. The third kappa shape index (κ3) is 8.29. The first-order valence-electron chi connectivity index (χ1n) is 7.91. The average Bonchev–Trinajstić information content (AvgIpc) is 2.88. The number of guanidine groups is 1. The van der Waals surface area contributed by atoms with E-state index in [9.17, 15) is 0 Å². The van der Waals surface area contributed by atoms with Gasteiger partial charge in [0.2, 0.25) is 0 Å². The lowest BCUT2D eigenvalue weighted by molar-refractivity contribution is 0.218. The molecule has 0 aromatic carbocycles. The number of nitrogens with two attached hydrogens (primary N) is 1. The summed E-state index contributed by atoms with van der Waals surface area (Å²) in [6.45, 7) is 11.0. The van der Waals surface area contributed by atoms with Crippen molar-refractivity contribution in [1.29, 1.82) is 0 Å². The number of halogens is 1. The molecule has 3 N–H and O–H groups in total. The molecule has 0 spiro atoms. The molecule has 0 aliphatic carbocycles. The first kappa shape index (κ1) is 20.0. The second kappa shape index (κ2) is 11.6. The summed E-state index contributed by atoms with van der Waals surface area (Å²) < 4.78 is 0. The number of likely N-dealkylation sites (tertiary alicyclic amines) is 1. The van der Waals surface area contributed by atoms with Gasteiger partial charge < -0.3 is 11.1 Å². The zero-order valence-electron chi connectivity index (χ0n) is 13.4. The predicted molar refractivity (Wildman–Crippen MR) is 98.9 cm³/mol. The van der Waals surface area contributed by atoms with E-state index in [0.717, 1.165) is 25.4 Å². The molecular weight excluding hydrogens is 363 g/mol. The molecule has 0 aromatic rings. The number of hydrogen-bond acceptors (Lipinski definition) is 2. The van der Waals surface area contributed by atoms with E-state index in [1.165, 1.54) is 38.8 Å². The van der Waals surface area contributed by atoms with E-state index >= 15 is 0 Å². The van der Waals surface area contributed by atoms with E-state index in [1.54, 1.807) is 0 Å². The fraction of sp³-hybridized carbons (Fsp3) is 0.933. The topological polar surface area (TPSA) is 53.6 Å². The lowest BCUT2D eigenvalue weighted by Crippen LogP contribution is -2.38. The van der Waals surface area contributed by atoms with Crippen molar-refractivity contribution in [2.75, 3.05) is 26.2 Å². The highest BCUT2D eigenvalue weighted by molar-refractivity contribution is 14.0. The number of aliphatic imine (C=N–C) groups is 1. The minimum absolute atomic E-state index is 0. The van der Waals surface area contributed by atoms with E-state index in [2.05, 4.69) is 36.0 Å². The van der Waals surface area contributed by atoms with Crippen LogP contribution in [-0.2, 0) is 0 Å². The second-order valence-electron chi connectivity index (χ2n) is 6.03. The van der Waals surface area contributed by atoms with Crippen LogP contribution < -0.4 is 11.1 Å². The summed E-state index contributed by atoms with van der Waals surface area (Å²) in [5, 5.41) is 3.19. The van der Waals surface area contributed by atoms with Crippen LogP contribution in [0.4, 0.5) is 0 Å². The zero-order chi connectivity index (χ0) is 14.1. The first-order chi connectivity index (χ1) is 9.13. The van der Waals surface area contributed by atoms with Crippen LogP contribution in [0, 0.1) is 5.92 Å². The van der Waals surface area contributed by atoms with Crippen LogP contribution >= 0.6 is 24.0 Å². The van der Waals surface area contributed by atoms with Crippen LogP contribution in [0.5, 0.6) is 0 Å². The largest absolute Gasteiger partial charge is 0.370 e. The van der Waals surface area contributed by atoms with Crippen molar-refractivity contribution in [1.82, 2.24) is 10.2 Å². The Kier molecular flexibility index (Phi) is 11.6. The fourth-order valence-electron chi connectivity index (χ4n) is 2.64. The third-order valence-corrected chi connectivity index (χ3v) is 3.71. The summed E-state index contributed by atoms with van der Waals surface area (Å²) in [6.07, 6.45) is 6.22. The minimum atomic E-state index is 0. The molecule has 120 valence electrons. The van der Waals surface area contributed by atoms with Crippen LogP contribution in [-0.4, -0.2) is 43.1 Å². The number of nitrogens with zero attached hydrogens (tertiary/aromatic N) is 2. The summed E-state index contributed by atoms with van der Waals surface area (Å²) in [4.78, 5) is 7.12. The van der Waals surface area contributed by atoms with Crippen LogP contribution in [0.15, 0.2) is 4.99 Å². The molecule has 4 nitrogen and oxygen atoms in total. The molecule has 1 aliphatic rings. The predicted octanol–water partition coefficient (Wildman–Crippen LogP) is 2.82. The normalized spacial score (nSPS) is 18.1. The Morgan fingerprint density at radius 2 is 1.95 bits per heavy atom. The summed E-state index contributed by atoms with van der Waals surface area (Å²) in [5.41, 5.74) is 5.91. The highest BCUT2D eigenvalue weighted by Gasteiger charge is 2.22. The van der Waals surface area contributed by atoms with Crippen molar-refractivity contribution in [2.45, 2.75) is 58.9 Å². The Balaban J connectivity index is 0.00000361. The molecule has 0 radical (unpaired) electrons. The SMILES string of the molecule is CCCCNC(N)=NCC(CC(C)C)N1CCCC1.I. The van der Waals surface area contributed by atoms with Gasteiger partial charge in [-0.3, -0.25) is 9.89 Å². The van der Waals surface area contributed by atoms with Crippen molar-refractivity contribution >= 4 is 29.9 Å². The quantitative estimate of drug-likeness (QED) is 0.287. The molecule has 5 heteroatoms. The summed E-state index contributed by atoms with van der Waals surface area (Å²) in [6, 6.07) is 0.564. The van der Waals surface area contributed by atoms with E-state index in [4.69, 9.17) is 5.73 Å². The zero-order valence-corrected chi connectivity index (χ0v) is 15.7. The molecule has 1 aliphatic heterocycles. The maximum atomic E-state index is 5.91. The Hall–Kier alpha value is -0.0400. The van der Waals surface area contributed by atoms with Crippen LogP contribution in [0.2, 0.25) is 0 Å². The summed E-state index contributed by atoms with van der Waals surface area (Å²) in [7, 11) is 0. The van der Waals surface area contributed by atoms with Crippen molar-refractivity contribution in [3.8, 4) is 0 Å². The molecular formula is C15H33IN4. The molecule has 0 saturated carbocycles. The second-order valence-corrected chi connectivity index (χ2v) is 6.03. The Bertz CT molecular complexity index is 263. The van der Waals surface area contributed by atoms with Gasteiger partial charge in [-0.1, -0.05) is 27.2 Å².